The Morgan fingerprint density at radius 3 is 2.48 bits per heavy atom. The maximum absolute atomic E-state index is 12.5. The second kappa shape index (κ2) is 7.47. The molecule has 9 nitrogen and oxygen atoms in total. The Morgan fingerprint density at radius 1 is 1.10 bits per heavy atom. The fourth-order valence-corrected chi connectivity index (χ4v) is 3.96. The topological polar surface area (TPSA) is 135 Å². The van der Waals surface area contributed by atoms with Crippen LogP contribution in [0.1, 0.15) is 32.3 Å². The average Bonchev–Trinajstić information content (AvgIpc) is 3.22. The van der Waals surface area contributed by atoms with Crippen molar-refractivity contribution in [2.24, 2.45) is 0 Å². The van der Waals surface area contributed by atoms with E-state index in [4.69, 9.17) is 16.2 Å². The van der Waals surface area contributed by atoms with Crippen molar-refractivity contribution in [3.8, 4) is 0 Å². The lowest BCUT2D eigenvalue weighted by atomic mass is 10.1. The molecule has 0 radical (unpaired) electrons. The van der Waals surface area contributed by atoms with Gasteiger partial charge in [-0.25, -0.2) is 4.79 Å². The van der Waals surface area contributed by atoms with Crippen LogP contribution in [0.3, 0.4) is 0 Å². The fourth-order valence-electron chi connectivity index (χ4n) is 2.91. The number of thiophene rings is 1. The monoisotopic (exact) mass is 409 g/mol. The quantitative estimate of drug-likeness (QED) is 0.480. The van der Waals surface area contributed by atoms with Crippen LogP contribution in [0.25, 0.3) is 10.2 Å². The highest BCUT2D eigenvalue weighted by molar-refractivity contribution is 7.20. The molecule has 4 aromatic rings. The minimum atomic E-state index is -0.468. The second-order valence-electron chi connectivity index (χ2n) is 6.60. The molecule has 3 heterocycles. The molecular formula is C19H19N7O2S. The number of rotatable bonds is 5. The summed E-state index contributed by atoms with van der Waals surface area (Å²) < 4.78 is 7.22. The van der Waals surface area contributed by atoms with Gasteiger partial charge in [-0.15, -0.1) is 11.3 Å². The first-order valence-corrected chi connectivity index (χ1v) is 9.66. The third-order valence-electron chi connectivity index (χ3n) is 4.31. The normalized spacial score (nSPS) is 11.1. The van der Waals surface area contributed by atoms with Gasteiger partial charge in [-0.05, 0) is 25.5 Å². The van der Waals surface area contributed by atoms with E-state index in [1.807, 2.05) is 11.6 Å². The van der Waals surface area contributed by atoms with Crippen molar-refractivity contribution in [1.29, 1.82) is 0 Å². The summed E-state index contributed by atoms with van der Waals surface area (Å²) in [6, 6.07) is 10.1. The number of carbonyl (C=O) groups excluding carboxylic acids is 1. The van der Waals surface area contributed by atoms with Gasteiger partial charge in [0.1, 0.15) is 9.71 Å². The number of benzene rings is 1. The molecule has 0 aliphatic rings. The van der Waals surface area contributed by atoms with E-state index in [1.54, 1.807) is 6.07 Å². The predicted molar refractivity (Wildman–Crippen MR) is 110 cm³/mol. The van der Waals surface area contributed by atoms with Crippen molar-refractivity contribution in [3.05, 3.63) is 57.9 Å². The third kappa shape index (κ3) is 4.02. The number of fused-ring (bicyclic) bond motifs is 1. The van der Waals surface area contributed by atoms with Gasteiger partial charge in [0.15, 0.2) is 12.4 Å². The van der Waals surface area contributed by atoms with Gasteiger partial charge in [0, 0.05) is 5.39 Å². The summed E-state index contributed by atoms with van der Waals surface area (Å²) >= 11 is 1.34. The van der Waals surface area contributed by atoms with Gasteiger partial charge in [0.25, 0.3) is 0 Å². The van der Waals surface area contributed by atoms with Crippen molar-refractivity contribution < 1.29 is 9.53 Å². The number of hydrogen-bond donors (Lipinski definition) is 2. The van der Waals surface area contributed by atoms with E-state index in [2.05, 4.69) is 51.2 Å². The van der Waals surface area contributed by atoms with Crippen molar-refractivity contribution >= 4 is 39.4 Å². The van der Waals surface area contributed by atoms with Crippen LogP contribution < -0.4 is 11.5 Å². The van der Waals surface area contributed by atoms with Gasteiger partial charge < -0.3 is 16.2 Å². The van der Waals surface area contributed by atoms with Gasteiger partial charge in [0.05, 0.1) is 12.2 Å². The summed E-state index contributed by atoms with van der Waals surface area (Å²) in [5, 5.41) is 5.53. The standard InChI is InChI=1S/C19H19N7O2S/c1-10-3-5-12(6-4-10)8-26-16-13(11(2)25-26)7-14(29-16)17(27)28-9-15-22-18(20)24-19(21)23-15/h3-7H,8-9H2,1-2H3,(H4,20,21,22,23,24). The number of aromatic nitrogens is 5. The van der Waals surface area contributed by atoms with Crippen molar-refractivity contribution in [3.63, 3.8) is 0 Å². The maximum atomic E-state index is 12.5. The molecule has 0 saturated heterocycles. The summed E-state index contributed by atoms with van der Waals surface area (Å²) in [6.45, 7) is 4.46. The molecule has 0 atom stereocenters. The zero-order valence-corrected chi connectivity index (χ0v) is 16.7. The van der Waals surface area contributed by atoms with Crippen LogP contribution in [-0.2, 0) is 17.9 Å². The zero-order valence-electron chi connectivity index (χ0n) is 15.9. The highest BCUT2D eigenvalue weighted by Crippen LogP contribution is 2.29. The maximum Gasteiger partial charge on any atom is 0.348 e. The molecule has 0 fully saturated rings. The van der Waals surface area contributed by atoms with Crippen LogP contribution in [-0.4, -0.2) is 30.7 Å². The first-order chi connectivity index (χ1) is 13.9. The highest BCUT2D eigenvalue weighted by Gasteiger charge is 2.18. The van der Waals surface area contributed by atoms with Gasteiger partial charge in [0.2, 0.25) is 11.9 Å². The SMILES string of the molecule is Cc1ccc(Cn2nc(C)c3cc(C(=O)OCc4nc(N)nc(N)n4)sc32)cc1. The lowest BCUT2D eigenvalue weighted by molar-refractivity contribution is 0.0468. The van der Waals surface area contributed by atoms with Crippen molar-refractivity contribution in [2.45, 2.75) is 27.0 Å². The fraction of sp³-hybridized carbons (Fsp3) is 0.211. The minimum Gasteiger partial charge on any atom is -0.453 e. The Kier molecular flexibility index (Phi) is 4.85. The Hall–Kier alpha value is -3.53. The molecule has 0 aliphatic carbocycles. The van der Waals surface area contributed by atoms with E-state index in [9.17, 15) is 4.79 Å². The highest BCUT2D eigenvalue weighted by atomic mass is 32.1. The lowest BCUT2D eigenvalue weighted by Crippen LogP contribution is -2.10. The molecule has 3 aromatic heterocycles. The summed E-state index contributed by atoms with van der Waals surface area (Å²) in [6.07, 6.45) is 0. The van der Waals surface area contributed by atoms with Crippen molar-refractivity contribution in [2.75, 3.05) is 11.5 Å². The van der Waals surface area contributed by atoms with Crippen LogP contribution in [0.15, 0.2) is 30.3 Å². The van der Waals surface area contributed by atoms with Crippen LogP contribution >= 0.6 is 11.3 Å². The average molecular weight is 409 g/mol. The number of aryl methyl sites for hydroxylation is 2. The lowest BCUT2D eigenvalue weighted by Gasteiger charge is -2.04. The number of anilines is 2. The summed E-state index contributed by atoms with van der Waals surface area (Å²) in [4.78, 5) is 25.4. The van der Waals surface area contributed by atoms with Gasteiger partial charge >= 0.3 is 5.97 Å². The number of ether oxygens (including phenoxy) is 1. The first kappa shape index (κ1) is 18.8. The number of carbonyl (C=O) groups is 1. The first-order valence-electron chi connectivity index (χ1n) is 8.84. The predicted octanol–water partition coefficient (Wildman–Crippen LogP) is 2.47. The number of esters is 1. The molecule has 0 spiro atoms. The van der Waals surface area contributed by atoms with Gasteiger partial charge in [-0.1, -0.05) is 29.8 Å². The zero-order chi connectivity index (χ0) is 20.5. The minimum absolute atomic E-state index is 0.0165. The molecule has 0 aliphatic heterocycles. The molecule has 4 N–H and O–H groups in total. The largest absolute Gasteiger partial charge is 0.453 e. The van der Waals surface area contributed by atoms with E-state index in [0.717, 1.165) is 21.5 Å². The third-order valence-corrected chi connectivity index (χ3v) is 5.44. The number of hydrogen-bond acceptors (Lipinski definition) is 9. The van der Waals surface area contributed by atoms with Gasteiger partial charge in [-0.3, -0.25) is 4.68 Å². The molecule has 0 bridgehead atoms. The van der Waals surface area contributed by atoms with Crippen LogP contribution in [0, 0.1) is 13.8 Å². The molecule has 148 valence electrons. The molecule has 0 unspecified atom stereocenters. The Balaban J connectivity index is 1.53. The molecule has 10 heteroatoms. The van der Waals surface area contributed by atoms with E-state index in [0.29, 0.717) is 11.4 Å². The molecule has 0 saturated carbocycles. The Bertz CT molecular complexity index is 1180. The van der Waals surface area contributed by atoms with E-state index < -0.39 is 5.97 Å². The van der Waals surface area contributed by atoms with E-state index >= 15 is 0 Å². The number of nitrogen functional groups attached to an aromatic ring is 2. The number of nitrogens with two attached hydrogens (primary N) is 2. The van der Waals surface area contributed by atoms with Crippen LogP contribution in [0.5, 0.6) is 0 Å². The van der Waals surface area contributed by atoms with E-state index in [-0.39, 0.29) is 24.3 Å². The molecule has 1 aromatic carbocycles. The van der Waals surface area contributed by atoms with Crippen molar-refractivity contribution in [1.82, 2.24) is 24.7 Å². The second-order valence-corrected chi connectivity index (χ2v) is 7.63. The molecule has 29 heavy (non-hydrogen) atoms. The Labute approximate surface area is 170 Å². The smallest absolute Gasteiger partial charge is 0.348 e. The molecule has 0 amide bonds. The molecule has 4 rings (SSSR count). The number of nitrogens with zero attached hydrogens (tertiary/aromatic N) is 5. The van der Waals surface area contributed by atoms with E-state index in [1.165, 1.54) is 16.9 Å². The van der Waals surface area contributed by atoms with Crippen LogP contribution in [0.4, 0.5) is 11.9 Å². The Morgan fingerprint density at radius 2 is 1.79 bits per heavy atom. The molecular weight excluding hydrogens is 390 g/mol. The summed E-state index contributed by atoms with van der Waals surface area (Å²) in [7, 11) is 0. The van der Waals surface area contributed by atoms with Crippen LogP contribution in [0.2, 0.25) is 0 Å². The summed E-state index contributed by atoms with van der Waals surface area (Å²) in [5.41, 5.74) is 14.3. The summed E-state index contributed by atoms with van der Waals surface area (Å²) in [5.74, 6) is -0.300. The van der Waals surface area contributed by atoms with Gasteiger partial charge in [-0.2, -0.15) is 20.1 Å².